The van der Waals surface area contributed by atoms with Gasteiger partial charge in [0.25, 0.3) is 5.88 Å². The topological polar surface area (TPSA) is 90.2 Å². The van der Waals surface area contributed by atoms with Crippen molar-refractivity contribution in [2.45, 2.75) is 13.8 Å². The molecule has 0 spiro atoms. The Kier molecular flexibility index (Phi) is 4.54. The number of nitro groups is 1. The number of rotatable bonds is 5. The van der Waals surface area contributed by atoms with Crippen LogP contribution in [0.5, 0.6) is 5.88 Å². The molecule has 0 amide bonds. The minimum absolute atomic E-state index is 0.0591. The Morgan fingerprint density at radius 2 is 2.19 bits per heavy atom. The van der Waals surface area contributed by atoms with Crippen LogP contribution in [0.3, 0.4) is 0 Å². The highest BCUT2D eigenvalue weighted by Gasteiger charge is 2.24. The van der Waals surface area contributed by atoms with Crippen LogP contribution in [0.25, 0.3) is 0 Å². The third kappa shape index (κ3) is 3.19. The van der Waals surface area contributed by atoms with E-state index in [0.29, 0.717) is 10.7 Å². The van der Waals surface area contributed by atoms with Crippen molar-refractivity contribution in [1.82, 2.24) is 9.97 Å². The van der Waals surface area contributed by atoms with Gasteiger partial charge in [0.05, 0.1) is 11.5 Å². The van der Waals surface area contributed by atoms with E-state index < -0.39 is 4.92 Å². The van der Waals surface area contributed by atoms with Crippen LogP contribution in [-0.4, -0.2) is 21.5 Å². The number of hydrogen-bond acceptors (Lipinski definition) is 6. The molecule has 0 bridgehead atoms. The maximum absolute atomic E-state index is 11.2. The van der Waals surface area contributed by atoms with Crippen LogP contribution in [0.15, 0.2) is 24.5 Å². The monoisotopic (exact) mass is 308 g/mol. The molecule has 1 aromatic heterocycles. The molecule has 110 valence electrons. The van der Waals surface area contributed by atoms with Gasteiger partial charge in [0.2, 0.25) is 5.82 Å². The SMILES string of the molecule is CCOc1ncnc(Nc2cccc(Cl)c2C)c1[N+](=O)[O-]. The molecular weight excluding hydrogens is 296 g/mol. The standard InChI is InChI=1S/C13H13ClN4O3/c1-3-21-13-11(18(19)20)12(15-7-16-13)17-10-6-4-5-9(14)8(10)2/h4-7H,3H2,1-2H3,(H,15,16,17). The zero-order chi connectivity index (χ0) is 15.4. The summed E-state index contributed by atoms with van der Waals surface area (Å²) in [5.41, 5.74) is 1.09. The summed E-state index contributed by atoms with van der Waals surface area (Å²) in [6.07, 6.45) is 1.21. The molecule has 0 atom stereocenters. The van der Waals surface area contributed by atoms with Crippen LogP contribution in [0, 0.1) is 17.0 Å². The van der Waals surface area contributed by atoms with Gasteiger partial charge in [-0.1, -0.05) is 17.7 Å². The highest BCUT2D eigenvalue weighted by Crippen LogP contribution is 2.34. The Labute approximate surface area is 126 Å². The summed E-state index contributed by atoms with van der Waals surface area (Å²) < 4.78 is 5.17. The fourth-order valence-electron chi connectivity index (χ4n) is 1.73. The van der Waals surface area contributed by atoms with Crippen LogP contribution < -0.4 is 10.1 Å². The van der Waals surface area contributed by atoms with E-state index in [-0.39, 0.29) is 24.0 Å². The number of anilines is 2. The van der Waals surface area contributed by atoms with E-state index in [1.807, 2.05) is 0 Å². The van der Waals surface area contributed by atoms with E-state index in [1.54, 1.807) is 32.0 Å². The molecule has 0 aliphatic rings. The van der Waals surface area contributed by atoms with Crippen LogP contribution >= 0.6 is 11.6 Å². The van der Waals surface area contributed by atoms with E-state index in [9.17, 15) is 10.1 Å². The Bertz CT molecular complexity index is 678. The Morgan fingerprint density at radius 3 is 2.86 bits per heavy atom. The lowest BCUT2D eigenvalue weighted by atomic mass is 10.2. The molecule has 0 unspecified atom stereocenters. The fraction of sp³-hybridized carbons (Fsp3) is 0.231. The van der Waals surface area contributed by atoms with Crippen LogP contribution in [-0.2, 0) is 0 Å². The predicted octanol–water partition coefficient (Wildman–Crippen LogP) is 3.49. The van der Waals surface area contributed by atoms with Gasteiger partial charge >= 0.3 is 5.69 Å². The molecule has 1 heterocycles. The summed E-state index contributed by atoms with van der Waals surface area (Å²) in [6, 6.07) is 5.24. The van der Waals surface area contributed by atoms with Crippen molar-refractivity contribution in [2.24, 2.45) is 0 Å². The molecule has 7 nitrogen and oxygen atoms in total. The molecule has 2 rings (SSSR count). The van der Waals surface area contributed by atoms with Crippen molar-refractivity contribution in [1.29, 1.82) is 0 Å². The molecule has 0 saturated carbocycles. The van der Waals surface area contributed by atoms with Crippen molar-refractivity contribution in [3.8, 4) is 5.88 Å². The molecule has 2 aromatic rings. The number of ether oxygens (including phenoxy) is 1. The lowest BCUT2D eigenvalue weighted by molar-refractivity contribution is -0.385. The second kappa shape index (κ2) is 6.36. The van der Waals surface area contributed by atoms with E-state index >= 15 is 0 Å². The zero-order valence-corrected chi connectivity index (χ0v) is 12.2. The minimum Gasteiger partial charge on any atom is -0.473 e. The van der Waals surface area contributed by atoms with Gasteiger partial charge in [-0.3, -0.25) is 10.1 Å². The van der Waals surface area contributed by atoms with Gasteiger partial charge in [-0.2, -0.15) is 4.98 Å². The van der Waals surface area contributed by atoms with Gasteiger partial charge in [0.15, 0.2) is 0 Å². The number of hydrogen-bond donors (Lipinski definition) is 1. The first-order valence-electron chi connectivity index (χ1n) is 6.19. The first-order valence-corrected chi connectivity index (χ1v) is 6.56. The number of benzene rings is 1. The molecular formula is C13H13ClN4O3. The Balaban J connectivity index is 2.46. The quantitative estimate of drug-likeness (QED) is 0.671. The van der Waals surface area contributed by atoms with Crippen molar-refractivity contribution in [2.75, 3.05) is 11.9 Å². The average Bonchev–Trinajstić information content (AvgIpc) is 2.44. The summed E-state index contributed by atoms with van der Waals surface area (Å²) in [4.78, 5) is 18.4. The van der Waals surface area contributed by atoms with E-state index in [0.717, 1.165) is 5.56 Å². The number of nitrogens with zero attached hydrogens (tertiary/aromatic N) is 3. The van der Waals surface area contributed by atoms with Crippen LogP contribution in [0.4, 0.5) is 17.2 Å². The van der Waals surface area contributed by atoms with Gasteiger partial charge in [0.1, 0.15) is 6.33 Å². The summed E-state index contributed by atoms with van der Waals surface area (Å²) in [7, 11) is 0. The minimum atomic E-state index is -0.576. The Hall–Kier alpha value is -2.41. The van der Waals surface area contributed by atoms with E-state index in [4.69, 9.17) is 16.3 Å². The van der Waals surface area contributed by atoms with Crippen LogP contribution in [0.1, 0.15) is 12.5 Å². The molecule has 0 fully saturated rings. The molecule has 1 N–H and O–H groups in total. The molecule has 0 aliphatic heterocycles. The third-order valence-corrected chi connectivity index (χ3v) is 3.18. The van der Waals surface area contributed by atoms with Crippen molar-refractivity contribution in [3.05, 3.63) is 45.2 Å². The second-order valence-corrected chi connectivity index (χ2v) is 4.51. The molecule has 21 heavy (non-hydrogen) atoms. The number of halogens is 1. The summed E-state index contributed by atoms with van der Waals surface area (Å²) in [6.45, 7) is 3.80. The highest BCUT2D eigenvalue weighted by atomic mass is 35.5. The summed E-state index contributed by atoms with van der Waals surface area (Å²) in [5, 5.41) is 14.7. The van der Waals surface area contributed by atoms with Gasteiger partial charge < -0.3 is 10.1 Å². The van der Waals surface area contributed by atoms with Crippen molar-refractivity contribution < 1.29 is 9.66 Å². The first-order chi connectivity index (χ1) is 10.0. The normalized spacial score (nSPS) is 10.2. The fourth-order valence-corrected chi connectivity index (χ4v) is 1.91. The van der Waals surface area contributed by atoms with Gasteiger partial charge in [-0.05, 0) is 31.5 Å². The van der Waals surface area contributed by atoms with Gasteiger partial charge in [-0.25, -0.2) is 4.98 Å². The predicted molar refractivity (Wildman–Crippen MR) is 79.3 cm³/mol. The summed E-state index contributed by atoms with van der Waals surface area (Å²) in [5.74, 6) is -0.0107. The lowest BCUT2D eigenvalue weighted by Crippen LogP contribution is -2.05. The lowest BCUT2D eigenvalue weighted by Gasteiger charge is -2.11. The number of nitrogens with one attached hydrogen (secondary N) is 1. The molecule has 8 heteroatoms. The van der Waals surface area contributed by atoms with Gasteiger partial charge in [-0.15, -0.1) is 0 Å². The third-order valence-electron chi connectivity index (χ3n) is 2.77. The first kappa shape index (κ1) is 15.0. The maximum atomic E-state index is 11.2. The largest absolute Gasteiger partial charge is 0.473 e. The van der Waals surface area contributed by atoms with Gasteiger partial charge in [0, 0.05) is 10.7 Å². The smallest absolute Gasteiger partial charge is 0.373 e. The second-order valence-electron chi connectivity index (χ2n) is 4.10. The average molecular weight is 309 g/mol. The van der Waals surface area contributed by atoms with E-state index in [2.05, 4.69) is 15.3 Å². The van der Waals surface area contributed by atoms with E-state index in [1.165, 1.54) is 6.33 Å². The maximum Gasteiger partial charge on any atom is 0.373 e. The Morgan fingerprint density at radius 1 is 1.43 bits per heavy atom. The van der Waals surface area contributed by atoms with Crippen molar-refractivity contribution >= 4 is 28.8 Å². The number of aromatic nitrogens is 2. The molecule has 0 aliphatic carbocycles. The molecule has 0 radical (unpaired) electrons. The highest BCUT2D eigenvalue weighted by molar-refractivity contribution is 6.31. The van der Waals surface area contributed by atoms with Crippen LogP contribution in [0.2, 0.25) is 5.02 Å². The molecule has 1 aromatic carbocycles. The zero-order valence-electron chi connectivity index (χ0n) is 11.5. The van der Waals surface area contributed by atoms with Crippen molar-refractivity contribution in [3.63, 3.8) is 0 Å². The molecule has 0 saturated heterocycles. The summed E-state index contributed by atoms with van der Waals surface area (Å²) >= 11 is 6.03.